The van der Waals surface area contributed by atoms with Gasteiger partial charge in [0.2, 0.25) is 0 Å². The van der Waals surface area contributed by atoms with E-state index >= 15 is 0 Å². The fraction of sp³-hybridized carbons (Fsp3) is 0.182. The van der Waals surface area contributed by atoms with Gasteiger partial charge in [0.1, 0.15) is 11.6 Å². The topological polar surface area (TPSA) is 46.5 Å². The largest absolute Gasteiger partial charge is 0.426 e. The highest BCUT2D eigenvalue weighted by Crippen LogP contribution is 2.16. The predicted octanol–water partition coefficient (Wildman–Crippen LogP) is 1.53. The van der Waals surface area contributed by atoms with Crippen molar-refractivity contribution < 1.29 is 19.0 Å². The van der Waals surface area contributed by atoms with Crippen molar-refractivity contribution >= 4 is 11.7 Å². The summed E-state index contributed by atoms with van der Waals surface area (Å²) < 4.78 is 17.6. The fourth-order valence-electron chi connectivity index (χ4n) is 1.04. The van der Waals surface area contributed by atoms with Crippen LogP contribution in [0.15, 0.2) is 24.3 Å². The van der Waals surface area contributed by atoms with Crippen LogP contribution < -0.4 is 0 Å². The number of carbonyl (C=O) groups is 1. The number of aliphatic hydroxyl groups excluding tert-OH is 1. The minimum absolute atomic E-state index is 0.0319. The summed E-state index contributed by atoms with van der Waals surface area (Å²) in [7, 11) is 0. The van der Waals surface area contributed by atoms with E-state index in [4.69, 9.17) is 9.84 Å². The Morgan fingerprint density at radius 3 is 2.87 bits per heavy atom. The number of ether oxygens (including phenoxy) is 1. The predicted molar refractivity (Wildman–Crippen MR) is 51.9 cm³/mol. The summed E-state index contributed by atoms with van der Waals surface area (Å²) in [5, 5.41) is 8.66. The second-order valence-corrected chi connectivity index (χ2v) is 2.77. The van der Waals surface area contributed by atoms with Crippen LogP contribution in [-0.4, -0.2) is 17.7 Å². The molecule has 1 aromatic carbocycles. The standard InChI is InChI=1S/C11H10FO3/c1-8(14)15-11(5-6-13)9-3-2-4-10(12)7-9/h2-4,7,13H,6H2,1H3. The highest BCUT2D eigenvalue weighted by atomic mass is 19.1. The molecule has 0 spiro atoms. The Balaban J connectivity index is 2.99. The fourth-order valence-corrected chi connectivity index (χ4v) is 1.04. The van der Waals surface area contributed by atoms with Gasteiger partial charge in [0, 0.05) is 18.6 Å². The third-order valence-electron chi connectivity index (χ3n) is 1.57. The van der Waals surface area contributed by atoms with Gasteiger partial charge in [-0.25, -0.2) is 4.39 Å². The minimum Gasteiger partial charge on any atom is -0.426 e. The average molecular weight is 209 g/mol. The number of rotatable bonds is 3. The van der Waals surface area contributed by atoms with Crippen LogP contribution in [0.3, 0.4) is 0 Å². The Morgan fingerprint density at radius 2 is 2.33 bits per heavy atom. The molecule has 15 heavy (non-hydrogen) atoms. The van der Waals surface area contributed by atoms with Crippen molar-refractivity contribution in [3.63, 3.8) is 0 Å². The lowest BCUT2D eigenvalue weighted by molar-refractivity contribution is -0.134. The van der Waals surface area contributed by atoms with Gasteiger partial charge < -0.3 is 9.84 Å². The molecule has 0 aliphatic heterocycles. The average Bonchev–Trinajstić information content (AvgIpc) is 2.16. The molecule has 4 heteroatoms. The van der Waals surface area contributed by atoms with Gasteiger partial charge in [-0.15, -0.1) is 0 Å². The Labute approximate surface area is 86.8 Å². The van der Waals surface area contributed by atoms with E-state index in [1.54, 1.807) is 6.07 Å². The number of halogens is 1. The molecule has 0 aliphatic carbocycles. The molecule has 1 radical (unpaired) electrons. The van der Waals surface area contributed by atoms with Crippen molar-refractivity contribution in [3.8, 4) is 0 Å². The van der Waals surface area contributed by atoms with Crippen molar-refractivity contribution in [3.05, 3.63) is 41.7 Å². The molecule has 0 aromatic heterocycles. The molecule has 0 unspecified atom stereocenters. The number of carbonyl (C=O) groups excluding carboxylic acids is 1. The molecule has 0 heterocycles. The zero-order valence-corrected chi connectivity index (χ0v) is 8.16. The number of aliphatic hydroxyl groups is 1. The van der Waals surface area contributed by atoms with E-state index in [9.17, 15) is 9.18 Å². The summed E-state index contributed by atoms with van der Waals surface area (Å²) >= 11 is 0. The highest BCUT2D eigenvalue weighted by molar-refractivity contribution is 5.75. The second-order valence-electron chi connectivity index (χ2n) is 2.77. The second kappa shape index (κ2) is 5.26. The monoisotopic (exact) mass is 209 g/mol. The lowest BCUT2D eigenvalue weighted by atomic mass is 10.2. The summed E-state index contributed by atoms with van der Waals surface area (Å²) in [6.07, 6.45) is 2.42. The number of hydrogen-bond acceptors (Lipinski definition) is 3. The quantitative estimate of drug-likeness (QED) is 0.606. The normalized spacial score (nSPS) is 11.3. The number of esters is 1. The van der Waals surface area contributed by atoms with Gasteiger partial charge in [-0.05, 0) is 12.1 Å². The maximum absolute atomic E-state index is 12.9. The van der Waals surface area contributed by atoms with E-state index < -0.39 is 18.4 Å². The smallest absolute Gasteiger partial charge is 0.308 e. The van der Waals surface area contributed by atoms with Gasteiger partial charge in [0.15, 0.2) is 0 Å². The van der Waals surface area contributed by atoms with Crippen LogP contribution >= 0.6 is 0 Å². The van der Waals surface area contributed by atoms with E-state index in [1.807, 2.05) is 0 Å². The summed E-state index contributed by atoms with van der Waals surface area (Å²) in [5.41, 5.74) is 0.360. The Bertz CT molecular complexity index is 385. The highest BCUT2D eigenvalue weighted by Gasteiger charge is 2.06. The third-order valence-corrected chi connectivity index (χ3v) is 1.57. The molecular formula is C11H10FO3. The van der Waals surface area contributed by atoms with E-state index in [1.165, 1.54) is 25.1 Å². The molecule has 0 fully saturated rings. The molecule has 0 saturated heterocycles. The minimum atomic E-state index is -0.546. The van der Waals surface area contributed by atoms with Gasteiger partial charge in [-0.1, -0.05) is 12.1 Å². The zero-order valence-electron chi connectivity index (χ0n) is 8.16. The number of benzene rings is 1. The van der Waals surface area contributed by atoms with Crippen LogP contribution in [-0.2, 0) is 9.53 Å². The Morgan fingerprint density at radius 1 is 1.60 bits per heavy atom. The summed E-state index contributed by atoms with van der Waals surface area (Å²) in [4.78, 5) is 10.7. The Kier molecular flexibility index (Phi) is 4.00. The van der Waals surface area contributed by atoms with Gasteiger partial charge in [-0.3, -0.25) is 4.79 Å². The SMILES string of the molecule is CC(=O)OC(=[C]CO)c1cccc(F)c1. The van der Waals surface area contributed by atoms with Crippen molar-refractivity contribution in [1.82, 2.24) is 0 Å². The van der Waals surface area contributed by atoms with Gasteiger partial charge in [0.25, 0.3) is 0 Å². The van der Waals surface area contributed by atoms with Crippen LogP contribution in [0.2, 0.25) is 0 Å². The first-order valence-corrected chi connectivity index (χ1v) is 4.29. The molecule has 0 aliphatic rings. The molecular weight excluding hydrogens is 199 g/mol. The lowest BCUT2D eigenvalue weighted by Crippen LogP contribution is -2.00. The molecule has 1 rings (SSSR count). The summed E-state index contributed by atoms with van der Waals surface area (Å²) in [6.45, 7) is 0.817. The summed E-state index contributed by atoms with van der Waals surface area (Å²) in [5.74, 6) is -0.961. The van der Waals surface area contributed by atoms with Crippen molar-refractivity contribution in [2.24, 2.45) is 0 Å². The van der Waals surface area contributed by atoms with E-state index in [0.29, 0.717) is 5.56 Å². The van der Waals surface area contributed by atoms with Crippen LogP contribution in [0.4, 0.5) is 4.39 Å². The molecule has 0 saturated carbocycles. The van der Waals surface area contributed by atoms with E-state index in [-0.39, 0.29) is 5.76 Å². The molecule has 1 N–H and O–H groups in total. The van der Waals surface area contributed by atoms with Gasteiger partial charge in [0.05, 0.1) is 6.61 Å². The molecule has 0 atom stereocenters. The Hall–Kier alpha value is -1.68. The molecule has 1 aromatic rings. The molecule has 0 amide bonds. The maximum Gasteiger partial charge on any atom is 0.308 e. The van der Waals surface area contributed by atoms with Crippen molar-refractivity contribution in [1.29, 1.82) is 0 Å². The van der Waals surface area contributed by atoms with Crippen LogP contribution in [0.25, 0.3) is 5.76 Å². The third kappa shape index (κ3) is 3.52. The molecule has 3 nitrogen and oxygen atoms in total. The number of hydrogen-bond donors (Lipinski definition) is 1. The first kappa shape index (κ1) is 11.4. The van der Waals surface area contributed by atoms with E-state index in [2.05, 4.69) is 6.08 Å². The van der Waals surface area contributed by atoms with E-state index in [0.717, 1.165) is 0 Å². The molecule has 0 bridgehead atoms. The first-order valence-electron chi connectivity index (χ1n) is 4.29. The maximum atomic E-state index is 12.9. The first-order chi connectivity index (χ1) is 7.13. The van der Waals surface area contributed by atoms with Gasteiger partial charge >= 0.3 is 5.97 Å². The lowest BCUT2D eigenvalue weighted by Gasteiger charge is -2.06. The van der Waals surface area contributed by atoms with Crippen LogP contribution in [0.1, 0.15) is 12.5 Å². The van der Waals surface area contributed by atoms with Crippen LogP contribution in [0.5, 0.6) is 0 Å². The van der Waals surface area contributed by atoms with Gasteiger partial charge in [-0.2, -0.15) is 0 Å². The molecule has 79 valence electrons. The zero-order chi connectivity index (χ0) is 11.3. The van der Waals surface area contributed by atoms with Crippen molar-refractivity contribution in [2.75, 3.05) is 6.61 Å². The summed E-state index contributed by atoms with van der Waals surface area (Å²) in [6, 6.07) is 5.51. The van der Waals surface area contributed by atoms with Crippen molar-refractivity contribution in [2.45, 2.75) is 6.92 Å². The van der Waals surface area contributed by atoms with Crippen LogP contribution in [0, 0.1) is 11.9 Å².